The second-order valence-corrected chi connectivity index (χ2v) is 5.95. The third-order valence-electron chi connectivity index (χ3n) is 4.45. The van der Waals surface area contributed by atoms with Crippen LogP contribution in [0.25, 0.3) is 16.6 Å². The number of amides is 1. The Hall–Kier alpha value is -3.08. The van der Waals surface area contributed by atoms with Gasteiger partial charge in [-0.05, 0) is 48.4 Å². The Labute approximate surface area is 139 Å². The molecule has 24 heavy (non-hydrogen) atoms. The van der Waals surface area contributed by atoms with Crippen LogP contribution in [-0.4, -0.2) is 33.9 Å². The smallest absolute Gasteiger partial charge is 0.254 e. The molecule has 1 amide bonds. The number of aromatic amines is 1. The summed E-state index contributed by atoms with van der Waals surface area (Å²) in [5.74, 6) is 0.0471. The molecule has 2 aromatic heterocycles. The van der Waals surface area contributed by atoms with Crippen LogP contribution < -0.4 is 5.73 Å². The molecule has 5 heteroatoms. The number of anilines is 1. The van der Waals surface area contributed by atoms with E-state index in [0.717, 1.165) is 17.5 Å². The Morgan fingerprint density at radius 2 is 2.04 bits per heavy atom. The topological polar surface area (TPSA) is 75.0 Å². The number of benzene rings is 1. The molecule has 1 aliphatic heterocycles. The first-order valence-corrected chi connectivity index (χ1v) is 7.99. The number of H-pyrrole nitrogens is 1. The molecular weight excluding hydrogens is 300 g/mol. The molecule has 0 saturated carbocycles. The van der Waals surface area contributed by atoms with Crippen LogP contribution in [0.3, 0.4) is 0 Å². The molecule has 5 nitrogen and oxygen atoms in total. The molecule has 120 valence electrons. The van der Waals surface area contributed by atoms with E-state index in [9.17, 15) is 4.79 Å². The number of hydrogen-bond acceptors (Lipinski definition) is 3. The average molecular weight is 318 g/mol. The highest BCUT2D eigenvalue weighted by Gasteiger charge is 2.20. The van der Waals surface area contributed by atoms with Crippen molar-refractivity contribution in [2.45, 2.75) is 6.42 Å². The number of rotatable bonds is 2. The normalized spacial score (nSPS) is 14.7. The van der Waals surface area contributed by atoms with Gasteiger partial charge in [0.05, 0.1) is 0 Å². The molecule has 0 atom stereocenters. The Kier molecular flexibility index (Phi) is 3.54. The Morgan fingerprint density at radius 1 is 1.21 bits per heavy atom. The summed E-state index contributed by atoms with van der Waals surface area (Å²) < 4.78 is 0. The highest BCUT2D eigenvalue weighted by atomic mass is 16.2. The molecule has 0 unspecified atom stereocenters. The summed E-state index contributed by atoms with van der Waals surface area (Å²) in [6, 6.07) is 11.1. The zero-order chi connectivity index (χ0) is 16.5. The number of aromatic nitrogens is 2. The third kappa shape index (κ3) is 2.54. The Morgan fingerprint density at radius 3 is 2.79 bits per heavy atom. The molecule has 0 spiro atoms. The number of carbonyl (C=O) groups excluding carboxylic acids is 1. The van der Waals surface area contributed by atoms with E-state index in [-0.39, 0.29) is 5.91 Å². The fourth-order valence-electron chi connectivity index (χ4n) is 3.13. The van der Waals surface area contributed by atoms with Crippen molar-refractivity contribution in [3.8, 4) is 0 Å². The van der Waals surface area contributed by atoms with Crippen molar-refractivity contribution in [2.75, 3.05) is 18.8 Å². The van der Waals surface area contributed by atoms with Crippen LogP contribution in [0.1, 0.15) is 22.3 Å². The predicted molar refractivity (Wildman–Crippen MR) is 95.4 cm³/mol. The van der Waals surface area contributed by atoms with Gasteiger partial charge in [-0.15, -0.1) is 0 Å². The molecule has 0 aliphatic carbocycles. The molecule has 3 N–H and O–H groups in total. The van der Waals surface area contributed by atoms with Crippen LogP contribution in [0.4, 0.5) is 5.69 Å². The first-order chi connectivity index (χ1) is 11.7. The molecule has 0 radical (unpaired) electrons. The van der Waals surface area contributed by atoms with Gasteiger partial charge in [0.2, 0.25) is 0 Å². The highest BCUT2D eigenvalue weighted by Crippen LogP contribution is 2.28. The van der Waals surface area contributed by atoms with Crippen molar-refractivity contribution in [1.82, 2.24) is 14.9 Å². The van der Waals surface area contributed by atoms with Crippen molar-refractivity contribution in [2.24, 2.45) is 0 Å². The van der Waals surface area contributed by atoms with Gasteiger partial charge < -0.3 is 15.6 Å². The van der Waals surface area contributed by atoms with E-state index in [0.29, 0.717) is 24.3 Å². The SMILES string of the molecule is Nc1ccc(C(=O)N2CC=C(c3c[nH]c4ncccc34)CC2)cc1. The third-order valence-corrected chi connectivity index (χ3v) is 4.45. The van der Waals surface area contributed by atoms with Gasteiger partial charge in [0.15, 0.2) is 0 Å². The number of nitrogens with two attached hydrogens (primary N) is 1. The summed E-state index contributed by atoms with van der Waals surface area (Å²) in [5, 5.41) is 1.13. The minimum Gasteiger partial charge on any atom is -0.399 e. The minimum absolute atomic E-state index is 0.0471. The molecule has 0 bridgehead atoms. The van der Waals surface area contributed by atoms with Gasteiger partial charge in [0.25, 0.3) is 5.91 Å². The molecule has 3 aromatic rings. The van der Waals surface area contributed by atoms with E-state index >= 15 is 0 Å². The summed E-state index contributed by atoms with van der Waals surface area (Å²) in [6.45, 7) is 1.33. The van der Waals surface area contributed by atoms with E-state index in [2.05, 4.69) is 22.1 Å². The Bertz CT molecular complexity index is 924. The van der Waals surface area contributed by atoms with Crippen LogP contribution in [0.15, 0.2) is 54.9 Å². The molecular formula is C19H18N4O. The minimum atomic E-state index is 0.0471. The Balaban J connectivity index is 1.55. The number of nitrogens with one attached hydrogen (secondary N) is 1. The van der Waals surface area contributed by atoms with Crippen LogP contribution in [0.2, 0.25) is 0 Å². The van der Waals surface area contributed by atoms with E-state index < -0.39 is 0 Å². The van der Waals surface area contributed by atoms with Gasteiger partial charge in [-0.1, -0.05) is 6.08 Å². The first-order valence-electron chi connectivity index (χ1n) is 7.99. The second kappa shape index (κ2) is 5.85. The zero-order valence-corrected chi connectivity index (χ0v) is 13.2. The summed E-state index contributed by atoms with van der Waals surface area (Å²) >= 11 is 0. The lowest BCUT2D eigenvalue weighted by Crippen LogP contribution is -2.34. The maximum absolute atomic E-state index is 12.6. The van der Waals surface area contributed by atoms with Gasteiger partial charge in [-0.25, -0.2) is 4.98 Å². The number of nitrogens with zero attached hydrogens (tertiary/aromatic N) is 2. The molecule has 4 rings (SSSR count). The molecule has 1 aliphatic rings. The monoisotopic (exact) mass is 318 g/mol. The highest BCUT2D eigenvalue weighted by molar-refractivity contribution is 5.96. The number of hydrogen-bond donors (Lipinski definition) is 2. The van der Waals surface area contributed by atoms with Gasteiger partial charge >= 0.3 is 0 Å². The second-order valence-electron chi connectivity index (χ2n) is 5.95. The predicted octanol–water partition coefficient (Wildman–Crippen LogP) is 3.07. The quantitative estimate of drug-likeness (QED) is 0.713. The van der Waals surface area contributed by atoms with Crippen molar-refractivity contribution in [3.05, 3.63) is 66.0 Å². The largest absolute Gasteiger partial charge is 0.399 e. The lowest BCUT2D eigenvalue weighted by molar-refractivity contribution is 0.0773. The fraction of sp³-hybridized carbons (Fsp3) is 0.158. The van der Waals surface area contributed by atoms with E-state index in [1.54, 1.807) is 30.5 Å². The number of carbonyl (C=O) groups is 1. The number of nitrogen functional groups attached to an aromatic ring is 1. The van der Waals surface area contributed by atoms with Crippen molar-refractivity contribution in [1.29, 1.82) is 0 Å². The first kappa shape index (κ1) is 14.5. The van der Waals surface area contributed by atoms with Gasteiger partial charge in [-0.3, -0.25) is 4.79 Å². The maximum Gasteiger partial charge on any atom is 0.254 e. The lowest BCUT2D eigenvalue weighted by Gasteiger charge is -2.26. The van der Waals surface area contributed by atoms with Crippen LogP contribution in [0.5, 0.6) is 0 Å². The molecule has 1 aromatic carbocycles. The lowest BCUT2D eigenvalue weighted by atomic mass is 9.99. The fourth-order valence-corrected chi connectivity index (χ4v) is 3.13. The van der Waals surface area contributed by atoms with Crippen LogP contribution in [0, 0.1) is 0 Å². The molecule has 3 heterocycles. The van der Waals surface area contributed by atoms with E-state index in [1.807, 2.05) is 17.2 Å². The van der Waals surface area contributed by atoms with E-state index in [4.69, 9.17) is 5.73 Å². The van der Waals surface area contributed by atoms with Crippen LogP contribution in [-0.2, 0) is 0 Å². The number of pyridine rings is 1. The van der Waals surface area contributed by atoms with Gasteiger partial charge in [0, 0.05) is 47.7 Å². The van der Waals surface area contributed by atoms with Crippen molar-refractivity contribution in [3.63, 3.8) is 0 Å². The molecule has 0 fully saturated rings. The van der Waals surface area contributed by atoms with E-state index in [1.165, 1.54) is 11.1 Å². The summed E-state index contributed by atoms with van der Waals surface area (Å²) in [6.07, 6.45) is 6.75. The van der Waals surface area contributed by atoms with Crippen LogP contribution >= 0.6 is 0 Å². The van der Waals surface area contributed by atoms with Gasteiger partial charge in [-0.2, -0.15) is 0 Å². The zero-order valence-electron chi connectivity index (χ0n) is 13.2. The standard InChI is InChI=1S/C19H18N4O/c20-15-5-3-14(4-6-15)19(24)23-10-7-13(8-11-23)17-12-22-18-16(17)2-1-9-21-18/h1-7,9,12H,8,10-11,20H2,(H,21,22). The summed E-state index contributed by atoms with van der Waals surface area (Å²) in [5.41, 5.74) is 10.4. The van der Waals surface area contributed by atoms with Crippen molar-refractivity contribution >= 4 is 28.2 Å². The summed E-state index contributed by atoms with van der Waals surface area (Å²) in [4.78, 5) is 22.0. The summed E-state index contributed by atoms with van der Waals surface area (Å²) in [7, 11) is 0. The molecule has 0 saturated heterocycles. The van der Waals surface area contributed by atoms with Crippen molar-refractivity contribution < 1.29 is 4.79 Å². The maximum atomic E-state index is 12.6. The number of fused-ring (bicyclic) bond motifs is 1. The van der Waals surface area contributed by atoms with Gasteiger partial charge in [0.1, 0.15) is 5.65 Å². The average Bonchev–Trinajstić information content (AvgIpc) is 3.06.